The minimum absolute atomic E-state index is 0.453. The second kappa shape index (κ2) is 6.25. The minimum atomic E-state index is -3.62. The molecule has 0 aromatic heterocycles. The second-order valence-corrected chi connectivity index (χ2v) is 3.22. The number of halogens is 1. The summed E-state index contributed by atoms with van der Waals surface area (Å²) in [4.78, 5) is 0. The molecule has 10 heavy (non-hydrogen) atoms. The molecule has 0 amide bonds. The van der Waals surface area contributed by atoms with E-state index in [1.54, 1.807) is 0 Å². The summed E-state index contributed by atoms with van der Waals surface area (Å²) in [5.74, 6) is 5.11. The summed E-state index contributed by atoms with van der Waals surface area (Å²) >= 11 is -3.62. The van der Waals surface area contributed by atoms with Crippen molar-refractivity contribution in [3.63, 3.8) is 0 Å². The maximum absolute atomic E-state index is 9.96. The van der Waals surface area contributed by atoms with Crippen molar-refractivity contribution in [3.05, 3.63) is 0 Å². The van der Waals surface area contributed by atoms with Gasteiger partial charge in [-0.2, -0.15) is 0 Å². The summed E-state index contributed by atoms with van der Waals surface area (Å²) in [6.07, 6.45) is 1.80. The van der Waals surface area contributed by atoms with Crippen LogP contribution in [0.1, 0.15) is 19.8 Å². The zero-order chi connectivity index (χ0) is 7.98. The van der Waals surface area contributed by atoms with Crippen LogP contribution in [0, 0.1) is 0 Å². The van der Waals surface area contributed by atoms with Crippen molar-refractivity contribution in [3.8, 4) is 0 Å². The molecule has 0 radical (unpaired) electrons. The van der Waals surface area contributed by atoms with Crippen LogP contribution in [0.15, 0.2) is 0 Å². The van der Waals surface area contributed by atoms with Crippen LogP contribution in [-0.2, 0) is 3.17 Å². The molecule has 0 saturated heterocycles. The average Bonchev–Trinajstić information content (AvgIpc) is 1.82. The van der Waals surface area contributed by atoms with Crippen LogP contribution in [0.3, 0.4) is 0 Å². The van der Waals surface area contributed by atoms with Gasteiger partial charge in [0, 0.05) is 6.54 Å². The van der Waals surface area contributed by atoms with Crippen molar-refractivity contribution in [2.45, 2.75) is 19.8 Å². The van der Waals surface area contributed by atoms with Gasteiger partial charge in [-0.15, -0.1) is 0 Å². The van der Waals surface area contributed by atoms with Gasteiger partial charge in [0.2, 0.25) is 0 Å². The zero-order valence-corrected chi connectivity index (χ0v) is 7.91. The molecule has 0 bridgehead atoms. The lowest BCUT2D eigenvalue weighted by Crippen LogP contribution is -3.99. The molecule has 0 aromatic carbocycles. The molecule has 0 aliphatic rings. The highest BCUT2D eigenvalue weighted by atomic mass is 127. The maximum atomic E-state index is 9.96. The van der Waals surface area contributed by atoms with Gasteiger partial charge in [0.25, 0.3) is 0 Å². The molecule has 0 rings (SSSR count). The fraction of sp³-hybridized carbons (Fsp3) is 1.00. The van der Waals surface area contributed by atoms with E-state index < -0.39 is 21.1 Å². The molecule has 6 heteroatoms. The number of nitrogens with zero attached hydrogens (tertiary/aromatic N) is 1. The Bertz CT molecular complexity index is 82.9. The molecule has 0 heterocycles. The molecule has 5 nitrogen and oxygen atoms in total. The smallest absolute Gasteiger partial charge is 0.394 e. The zero-order valence-electron chi connectivity index (χ0n) is 5.75. The number of unbranched alkanes of at least 4 members (excludes halogenated alkanes) is 1. The standard InChI is InChI=1S/C4H11IN2O3/c1-2-3-4-7(6)10-5(8)9/h2-4,6H2,1H3. The molecule has 0 spiro atoms. The Kier molecular flexibility index (Phi) is 6.59. The number of hydrazine groups is 1. The Balaban J connectivity index is 3.16. The number of rotatable bonds is 5. The third-order valence-corrected chi connectivity index (χ3v) is 1.70. The van der Waals surface area contributed by atoms with Crippen molar-refractivity contribution in [2.24, 2.45) is 5.84 Å². The fourth-order valence-electron chi connectivity index (χ4n) is 0.421. The van der Waals surface area contributed by atoms with E-state index in [1.165, 1.54) is 0 Å². The monoisotopic (exact) mass is 262 g/mol. The molecule has 0 unspecified atom stereocenters. The van der Waals surface area contributed by atoms with Gasteiger partial charge in [0.05, 0.1) is 3.17 Å². The summed E-state index contributed by atoms with van der Waals surface area (Å²) in [7, 11) is 0. The van der Waals surface area contributed by atoms with Gasteiger partial charge >= 0.3 is 21.1 Å². The first-order valence-electron chi connectivity index (χ1n) is 2.93. The number of hydrogen-bond acceptors (Lipinski definition) is 5. The van der Waals surface area contributed by atoms with Crippen LogP contribution in [0.5, 0.6) is 0 Å². The quantitative estimate of drug-likeness (QED) is 0.304. The molecule has 2 N–H and O–H groups in total. The van der Waals surface area contributed by atoms with E-state index in [9.17, 15) is 6.87 Å². The molecular weight excluding hydrogens is 251 g/mol. The molecule has 0 aromatic rings. The molecular formula is C4H11IN2O3. The van der Waals surface area contributed by atoms with Gasteiger partial charge in [0.1, 0.15) is 0 Å². The predicted molar refractivity (Wildman–Crippen MR) is 26.9 cm³/mol. The third-order valence-electron chi connectivity index (χ3n) is 0.877. The summed E-state index contributed by atoms with van der Waals surface area (Å²) in [5.41, 5.74) is 0. The number of hydrogen-bond donors (Lipinski definition) is 1. The lowest BCUT2D eigenvalue weighted by Gasteiger charge is -2.05. The lowest BCUT2D eigenvalue weighted by molar-refractivity contribution is -1.64. The SMILES string of the molecule is CCCCN(N)O[I+2]([O-])[O-]. The minimum Gasteiger partial charge on any atom is -0.394 e. The van der Waals surface area contributed by atoms with E-state index in [-0.39, 0.29) is 0 Å². The fourth-order valence-corrected chi connectivity index (χ4v) is 1.03. The Morgan fingerprint density at radius 3 is 2.60 bits per heavy atom. The Morgan fingerprint density at radius 2 is 2.20 bits per heavy atom. The first-order chi connectivity index (χ1) is 4.66. The van der Waals surface area contributed by atoms with Gasteiger partial charge in [-0.3, -0.25) is 0 Å². The van der Waals surface area contributed by atoms with E-state index in [2.05, 4.69) is 3.17 Å². The van der Waals surface area contributed by atoms with Crippen LogP contribution in [0.25, 0.3) is 0 Å². The van der Waals surface area contributed by atoms with Gasteiger partial charge in [-0.25, -0.2) is 5.84 Å². The summed E-state index contributed by atoms with van der Waals surface area (Å²) < 4.78 is 24.1. The van der Waals surface area contributed by atoms with Gasteiger partial charge in [-0.05, 0) is 11.6 Å². The molecule has 0 atom stereocenters. The lowest BCUT2D eigenvalue weighted by atomic mass is 10.3. The summed E-state index contributed by atoms with van der Waals surface area (Å²) in [6, 6.07) is 0. The first kappa shape index (κ1) is 10.5. The van der Waals surface area contributed by atoms with Crippen molar-refractivity contribution in [2.75, 3.05) is 6.54 Å². The highest BCUT2D eigenvalue weighted by molar-refractivity contribution is 4.33. The van der Waals surface area contributed by atoms with E-state index >= 15 is 0 Å². The normalized spacial score (nSPS) is 11.4. The second-order valence-electron chi connectivity index (χ2n) is 1.75. The van der Waals surface area contributed by atoms with Crippen LogP contribution >= 0.6 is 0 Å². The predicted octanol–water partition coefficient (Wildman–Crippen LogP) is -5.02. The first-order valence-corrected chi connectivity index (χ1v) is 5.57. The third kappa shape index (κ3) is 6.65. The van der Waals surface area contributed by atoms with Crippen molar-refractivity contribution < 1.29 is 31.1 Å². The molecule has 62 valence electrons. The molecule has 0 aliphatic heterocycles. The van der Waals surface area contributed by atoms with Crippen LogP contribution in [0.2, 0.25) is 0 Å². The van der Waals surface area contributed by atoms with Gasteiger partial charge in [-0.1, -0.05) is 13.3 Å². The maximum Gasteiger partial charge on any atom is 0.533 e. The topological polar surface area (TPSA) is 84.6 Å². The van der Waals surface area contributed by atoms with E-state index in [0.717, 1.165) is 18.0 Å². The highest BCUT2D eigenvalue weighted by Gasteiger charge is 2.17. The Hall–Kier alpha value is 0.530. The highest BCUT2D eigenvalue weighted by Crippen LogP contribution is 1.85. The molecule has 0 saturated carbocycles. The van der Waals surface area contributed by atoms with Crippen LogP contribution < -0.4 is 33.8 Å². The molecule has 0 fully saturated rings. The number of hydroxylamine groups is 1. The van der Waals surface area contributed by atoms with E-state index in [1.807, 2.05) is 6.92 Å². The number of nitrogens with two attached hydrogens (primary N) is 1. The van der Waals surface area contributed by atoms with Crippen molar-refractivity contribution in [1.82, 2.24) is 5.17 Å². The van der Waals surface area contributed by atoms with E-state index in [0.29, 0.717) is 6.54 Å². The Labute approximate surface area is 68.7 Å². The molecule has 0 aliphatic carbocycles. The van der Waals surface area contributed by atoms with Gasteiger partial charge < -0.3 is 6.87 Å². The van der Waals surface area contributed by atoms with Crippen molar-refractivity contribution in [1.29, 1.82) is 0 Å². The summed E-state index contributed by atoms with van der Waals surface area (Å²) in [5, 5.41) is 0.856. The van der Waals surface area contributed by atoms with Crippen LogP contribution in [0.4, 0.5) is 0 Å². The Morgan fingerprint density at radius 1 is 1.60 bits per heavy atom. The summed E-state index contributed by atoms with van der Waals surface area (Å²) in [6.45, 7) is 2.44. The van der Waals surface area contributed by atoms with Crippen LogP contribution in [-0.4, -0.2) is 11.7 Å². The van der Waals surface area contributed by atoms with E-state index in [4.69, 9.17) is 5.84 Å². The van der Waals surface area contributed by atoms with Crippen molar-refractivity contribution >= 4 is 0 Å². The average molecular weight is 262 g/mol. The van der Waals surface area contributed by atoms with Gasteiger partial charge in [0.15, 0.2) is 0 Å². The largest absolute Gasteiger partial charge is 0.533 e.